The fourth-order valence-electron chi connectivity index (χ4n) is 1.75. The minimum absolute atomic E-state index is 0.0147. The van der Waals surface area contributed by atoms with Crippen LogP contribution in [0.4, 0.5) is 0 Å². The molecule has 2 aromatic rings. The van der Waals surface area contributed by atoms with E-state index in [0.29, 0.717) is 22.2 Å². The van der Waals surface area contributed by atoms with Crippen molar-refractivity contribution in [3.8, 4) is 11.3 Å². The average Bonchev–Trinajstić information content (AvgIpc) is 3.23. The van der Waals surface area contributed by atoms with Gasteiger partial charge >= 0.3 is 5.97 Å². The maximum Gasteiger partial charge on any atom is 0.338 e. The third kappa shape index (κ3) is 3.31. The first-order valence-electron chi connectivity index (χ1n) is 6.62. The van der Waals surface area contributed by atoms with E-state index in [-0.39, 0.29) is 11.9 Å². The molecule has 0 saturated heterocycles. The maximum absolute atomic E-state index is 11.4. The van der Waals surface area contributed by atoms with Crippen molar-refractivity contribution in [2.75, 3.05) is 0 Å². The molecule has 0 unspecified atom stereocenters. The molecule has 3 rings (SSSR count). The van der Waals surface area contributed by atoms with Gasteiger partial charge in [-0.05, 0) is 31.9 Å². The summed E-state index contributed by atoms with van der Waals surface area (Å²) in [7, 11) is 0. The lowest BCUT2D eigenvalue weighted by molar-refractivity contribution is -0.145. The largest absolute Gasteiger partial charge is 0.354 e. The number of oxime groups is 1. The quantitative estimate of drug-likeness (QED) is 0.491. The Bertz CT molecular complexity index is 687. The second-order valence-corrected chi connectivity index (χ2v) is 5.38. The van der Waals surface area contributed by atoms with E-state index in [0.717, 1.165) is 18.4 Å². The SMILES string of the molecule is C/C(=N\OC(=O)C1CC1)c1cc(-c2ccc(Cl)cc2)no1. The van der Waals surface area contributed by atoms with E-state index in [1.807, 2.05) is 12.1 Å². The standard InChI is InChI=1S/C15H13ClN2O3/c1-9(17-21-15(19)11-2-3-11)14-8-13(18-20-14)10-4-6-12(16)7-5-10/h4-8,11H,2-3H2,1H3/b17-9+. The average molecular weight is 305 g/mol. The van der Waals surface area contributed by atoms with E-state index >= 15 is 0 Å². The lowest BCUT2D eigenvalue weighted by atomic mass is 10.1. The van der Waals surface area contributed by atoms with Crippen LogP contribution in [0.5, 0.6) is 0 Å². The van der Waals surface area contributed by atoms with Gasteiger partial charge < -0.3 is 9.36 Å². The molecule has 1 aliphatic carbocycles. The molecule has 5 nitrogen and oxygen atoms in total. The van der Waals surface area contributed by atoms with Crippen LogP contribution in [0.2, 0.25) is 5.02 Å². The summed E-state index contributed by atoms with van der Waals surface area (Å²) in [5.74, 6) is 0.191. The molecule has 0 N–H and O–H groups in total. The molecule has 0 amide bonds. The Kier molecular flexibility index (Phi) is 3.75. The zero-order valence-electron chi connectivity index (χ0n) is 11.4. The number of hydrogen-bond acceptors (Lipinski definition) is 5. The molecule has 1 aliphatic rings. The third-order valence-electron chi connectivity index (χ3n) is 3.19. The van der Waals surface area contributed by atoms with Gasteiger partial charge in [-0.2, -0.15) is 0 Å². The number of carbonyl (C=O) groups excluding carboxylic acids is 1. The van der Waals surface area contributed by atoms with Gasteiger partial charge in [0.25, 0.3) is 0 Å². The number of benzene rings is 1. The monoisotopic (exact) mass is 304 g/mol. The van der Waals surface area contributed by atoms with Crippen LogP contribution in [0.25, 0.3) is 11.3 Å². The van der Waals surface area contributed by atoms with Crippen molar-refractivity contribution in [2.45, 2.75) is 19.8 Å². The molecule has 1 heterocycles. The van der Waals surface area contributed by atoms with Crippen LogP contribution in [0.15, 0.2) is 40.0 Å². The molecule has 108 valence electrons. The minimum Gasteiger partial charge on any atom is -0.354 e. The van der Waals surface area contributed by atoms with Crippen molar-refractivity contribution in [3.05, 3.63) is 41.1 Å². The molecule has 1 fully saturated rings. The highest BCUT2D eigenvalue weighted by Crippen LogP contribution is 2.30. The summed E-state index contributed by atoms with van der Waals surface area (Å²) < 4.78 is 5.21. The van der Waals surface area contributed by atoms with Crippen LogP contribution in [-0.2, 0) is 9.63 Å². The smallest absolute Gasteiger partial charge is 0.338 e. The Morgan fingerprint density at radius 2 is 2.10 bits per heavy atom. The summed E-state index contributed by atoms with van der Waals surface area (Å²) in [6.07, 6.45) is 1.77. The number of aromatic nitrogens is 1. The van der Waals surface area contributed by atoms with E-state index in [4.69, 9.17) is 21.0 Å². The highest BCUT2D eigenvalue weighted by atomic mass is 35.5. The fourth-order valence-corrected chi connectivity index (χ4v) is 1.88. The van der Waals surface area contributed by atoms with Crippen LogP contribution in [-0.4, -0.2) is 16.8 Å². The second-order valence-electron chi connectivity index (χ2n) is 4.94. The van der Waals surface area contributed by atoms with Gasteiger partial charge in [-0.25, -0.2) is 4.79 Å². The second kappa shape index (κ2) is 5.69. The van der Waals surface area contributed by atoms with E-state index in [2.05, 4.69) is 10.3 Å². The van der Waals surface area contributed by atoms with Crippen molar-refractivity contribution in [1.82, 2.24) is 5.16 Å². The molecule has 0 radical (unpaired) electrons. The van der Waals surface area contributed by atoms with Gasteiger partial charge in [-0.15, -0.1) is 0 Å². The topological polar surface area (TPSA) is 64.7 Å². The maximum atomic E-state index is 11.4. The molecule has 21 heavy (non-hydrogen) atoms. The molecule has 1 saturated carbocycles. The Labute approximate surface area is 126 Å². The molecular formula is C15H13ClN2O3. The number of hydrogen-bond donors (Lipinski definition) is 0. The Morgan fingerprint density at radius 1 is 1.38 bits per heavy atom. The van der Waals surface area contributed by atoms with E-state index < -0.39 is 0 Å². The zero-order valence-corrected chi connectivity index (χ0v) is 12.1. The van der Waals surface area contributed by atoms with Crippen molar-refractivity contribution in [3.63, 3.8) is 0 Å². The van der Waals surface area contributed by atoms with Gasteiger partial charge in [0.15, 0.2) is 5.76 Å². The Hall–Kier alpha value is -2.14. The van der Waals surface area contributed by atoms with Crippen molar-refractivity contribution < 1.29 is 14.2 Å². The summed E-state index contributed by atoms with van der Waals surface area (Å²) in [5, 5.41) is 8.42. The fraction of sp³-hybridized carbons (Fsp3) is 0.267. The number of carbonyl (C=O) groups is 1. The summed E-state index contributed by atoms with van der Waals surface area (Å²) in [4.78, 5) is 16.3. The third-order valence-corrected chi connectivity index (χ3v) is 3.44. The normalized spacial score (nSPS) is 15.0. The van der Waals surface area contributed by atoms with Crippen molar-refractivity contribution in [2.24, 2.45) is 11.1 Å². The first-order valence-corrected chi connectivity index (χ1v) is 7.00. The van der Waals surface area contributed by atoms with Gasteiger partial charge in [-0.3, -0.25) is 0 Å². The molecule has 0 spiro atoms. The lowest BCUT2D eigenvalue weighted by Crippen LogP contribution is -2.04. The van der Waals surface area contributed by atoms with Crippen LogP contribution in [0.3, 0.4) is 0 Å². The first-order chi connectivity index (χ1) is 10.1. The van der Waals surface area contributed by atoms with Crippen molar-refractivity contribution in [1.29, 1.82) is 0 Å². The van der Waals surface area contributed by atoms with E-state index in [1.54, 1.807) is 25.1 Å². The van der Waals surface area contributed by atoms with Gasteiger partial charge in [0.05, 0.1) is 5.92 Å². The highest BCUT2D eigenvalue weighted by molar-refractivity contribution is 6.30. The summed E-state index contributed by atoms with van der Waals surface area (Å²) >= 11 is 5.84. The molecular weight excluding hydrogens is 292 g/mol. The molecule has 1 aromatic heterocycles. The van der Waals surface area contributed by atoms with Gasteiger partial charge in [0.2, 0.25) is 0 Å². The summed E-state index contributed by atoms with van der Waals surface area (Å²) in [6.45, 7) is 1.70. The molecule has 0 atom stereocenters. The Balaban J connectivity index is 1.72. The number of halogens is 1. The van der Waals surface area contributed by atoms with Gasteiger partial charge in [0.1, 0.15) is 11.4 Å². The Morgan fingerprint density at radius 3 is 2.76 bits per heavy atom. The summed E-state index contributed by atoms with van der Waals surface area (Å²) in [6, 6.07) is 9.01. The molecule has 1 aromatic carbocycles. The van der Waals surface area contributed by atoms with E-state index in [1.165, 1.54) is 0 Å². The molecule has 0 aliphatic heterocycles. The highest BCUT2D eigenvalue weighted by Gasteiger charge is 2.31. The predicted molar refractivity (Wildman–Crippen MR) is 78.0 cm³/mol. The van der Waals surface area contributed by atoms with Crippen molar-refractivity contribution >= 4 is 23.3 Å². The number of nitrogens with zero attached hydrogens (tertiary/aromatic N) is 2. The lowest BCUT2D eigenvalue weighted by Gasteiger charge is -1.96. The van der Waals surface area contributed by atoms with Crippen LogP contribution in [0.1, 0.15) is 25.5 Å². The minimum atomic E-state index is -0.285. The van der Waals surface area contributed by atoms with E-state index in [9.17, 15) is 4.79 Å². The van der Waals surface area contributed by atoms with Gasteiger partial charge in [-0.1, -0.05) is 34.0 Å². The van der Waals surface area contributed by atoms with Crippen LogP contribution >= 0.6 is 11.6 Å². The molecule has 0 bridgehead atoms. The first kappa shape index (κ1) is 13.8. The predicted octanol–water partition coefficient (Wildman–Crippen LogP) is 3.67. The van der Waals surface area contributed by atoms with Gasteiger partial charge in [0, 0.05) is 16.7 Å². The summed E-state index contributed by atoms with van der Waals surface area (Å²) in [5.41, 5.74) is 2.03. The zero-order chi connectivity index (χ0) is 14.8. The van der Waals surface area contributed by atoms with Crippen LogP contribution < -0.4 is 0 Å². The molecule has 6 heteroatoms. The number of rotatable bonds is 4. The van der Waals surface area contributed by atoms with Crippen LogP contribution in [0, 0.1) is 5.92 Å².